The van der Waals surface area contributed by atoms with Gasteiger partial charge in [0.2, 0.25) is 0 Å². The van der Waals surface area contributed by atoms with Crippen molar-refractivity contribution in [2.75, 3.05) is 27.2 Å². The molecule has 4 heteroatoms. The van der Waals surface area contributed by atoms with E-state index < -0.39 is 0 Å². The molecule has 0 aromatic rings. The van der Waals surface area contributed by atoms with Crippen molar-refractivity contribution in [2.45, 2.75) is 6.92 Å². The lowest BCUT2D eigenvalue weighted by atomic mass is 10.4. The van der Waals surface area contributed by atoms with Crippen molar-refractivity contribution in [3.8, 4) is 0 Å². The van der Waals surface area contributed by atoms with Crippen LogP contribution in [0.2, 0.25) is 0 Å². The quantitative estimate of drug-likeness (QED) is 0.515. The highest BCUT2D eigenvalue weighted by atomic mass is 19.1. The Hall–Kier alpha value is -1.16. The molecule has 0 aromatic carbocycles. The summed E-state index contributed by atoms with van der Waals surface area (Å²) in [6, 6.07) is 0. The minimum absolute atomic E-state index is 0.250. The molecular formula is C10H18FNO2. The molecule has 0 saturated carbocycles. The van der Waals surface area contributed by atoms with Gasteiger partial charge in [-0.1, -0.05) is 13.2 Å². The largest absolute Gasteiger partial charge is 0.461 e. The van der Waals surface area contributed by atoms with Crippen LogP contribution in [0.15, 0.2) is 25.1 Å². The van der Waals surface area contributed by atoms with E-state index in [0.717, 1.165) is 6.54 Å². The molecule has 0 bridgehead atoms. The molecule has 3 nitrogen and oxygen atoms in total. The van der Waals surface area contributed by atoms with E-state index in [4.69, 9.17) is 4.74 Å². The molecule has 0 saturated heterocycles. The maximum Gasteiger partial charge on any atom is 0.333 e. The van der Waals surface area contributed by atoms with Crippen LogP contribution in [0, 0.1) is 0 Å². The Labute approximate surface area is 84.9 Å². The van der Waals surface area contributed by atoms with Gasteiger partial charge in [-0.3, -0.25) is 0 Å². The molecule has 82 valence electrons. The highest BCUT2D eigenvalue weighted by Crippen LogP contribution is 1.91. The number of carbonyl (C=O) groups excluding carboxylic acids is 1. The van der Waals surface area contributed by atoms with E-state index in [9.17, 15) is 9.18 Å². The zero-order valence-electron chi connectivity index (χ0n) is 9.05. The minimum atomic E-state index is -0.313. The van der Waals surface area contributed by atoms with Gasteiger partial charge in [0, 0.05) is 12.1 Å². The summed E-state index contributed by atoms with van der Waals surface area (Å²) in [6.45, 7) is 8.97. The van der Waals surface area contributed by atoms with Crippen LogP contribution in [0.5, 0.6) is 0 Å². The van der Waals surface area contributed by atoms with Gasteiger partial charge in [-0.15, -0.1) is 0 Å². The molecule has 0 atom stereocenters. The lowest BCUT2D eigenvalue weighted by Gasteiger charge is -2.09. The van der Waals surface area contributed by atoms with Gasteiger partial charge in [-0.25, -0.2) is 9.18 Å². The molecule has 0 aliphatic heterocycles. The fourth-order valence-corrected chi connectivity index (χ4v) is 0.444. The van der Waals surface area contributed by atoms with Gasteiger partial charge in [-0.2, -0.15) is 0 Å². The van der Waals surface area contributed by atoms with Crippen LogP contribution >= 0.6 is 0 Å². The van der Waals surface area contributed by atoms with Gasteiger partial charge in [0.25, 0.3) is 0 Å². The predicted octanol–water partition coefficient (Wildman–Crippen LogP) is 1.77. The normalized spacial score (nSPS) is 8.64. The number of carbonyl (C=O) groups is 1. The van der Waals surface area contributed by atoms with Crippen molar-refractivity contribution in [1.82, 2.24) is 4.90 Å². The van der Waals surface area contributed by atoms with E-state index in [2.05, 4.69) is 13.2 Å². The standard InChI is InChI=1S/C8H15NO2.C2H3F/c1-7(2)8(10)11-6-5-9(3)4;1-2-3/h1,5-6H2,2-4H3;2H,1H2. The van der Waals surface area contributed by atoms with Crippen LogP contribution in [0.25, 0.3) is 0 Å². The number of nitrogens with zero attached hydrogens (tertiary/aromatic N) is 1. The first kappa shape index (κ1) is 15.3. The van der Waals surface area contributed by atoms with Crippen LogP contribution in [-0.4, -0.2) is 38.1 Å². The summed E-state index contributed by atoms with van der Waals surface area (Å²) in [4.78, 5) is 12.7. The zero-order valence-corrected chi connectivity index (χ0v) is 9.05. The smallest absolute Gasteiger partial charge is 0.333 e. The van der Waals surface area contributed by atoms with Gasteiger partial charge >= 0.3 is 5.97 Å². The number of esters is 1. The summed E-state index contributed by atoms with van der Waals surface area (Å²) >= 11 is 0. The van der Waals surface area contributed by atoms with Crippen molar-refractivity contribution in [1.29, 1.82) is 0 Å². The highest BCUT2D eigenvalue weighted by Gasteiger charge is 2.01. The van der Waals surface area contributed by atoms with Crippen molar-refractivity contribution in [3.05, 3.63) is 25.1 Å². The molecule has 0 fully saturated rings. The molecule has 0 amide bonds. The summed E-state index contributed by atoms with van der Waals surface area (Å²) in [6.07, 6.45) is 0.250. The Morgan fingerprint density at radius 3 is 2.29 bits per heavy atom. The van der Waals surface area contributed by atoms with Crippen LogP contribution in [0.4, 0.5) is 4.39 Å². The number of ether oxygens (including phenoxy) is 1. The van der Waals surface area contributed by atoms with Gasteiger partial charge in [0.05, 0.1) is 6.33 Å². The fraction of sp³-hybridized carbons (Fsp3) is 0.500. The van der Waals surface area contributed by atoms with Gasteiger partial charge < -0.3 is 9.64 Å². The lowest BCUT2D eigenvalue weighted by Crippen LogP contribution is -2.20. The molecule has 0 rings (SSSR count). The van der Waals surface area contributed by atoms with Crippen LogP contribution in [-0.2, 0) is 9.53 Å². The third kappa shape index (κ3) is 13.4. The average Bonchev–Trinajstić information content (AvgIpc) is 2.04. The van der Waals surface area contributed by atoms with Gasteiger partial charge in [-0.05, 0) is 21.0 Å². The van der Waals surface area contributed by atoms with E-state index in [1.54, 1.807) is 6.92 Å². The second-order valence-corrected chi connectivity index (χ2v) is 2.87. The topological polar surface area (TPSA) is 29.5 Å². The summed E-state index contributed by atoms with van der Waals surface area (Å²) in [5.74, 6) is -0.313. The van der Waals surface area contributed by atoms with Crippen molar-refractivity contribution < 1.29 is 13.9 Å². The van der Waals surface area contributed by atoms with E-state index in [0.29, 0.717) is 12.2 Å². The van der Waals surface area contributed by atoms with Crippen molar-refractivity contribution in [3.63, 3.8) is 0 Å². The highest BCUT2D eigenvalue weighted by molar-refractivity contribution is 5.86. The first-order valence-electron chi connectivity index (χ1n) is 4.14. The molecular weight excluding hydrogens is 185 g/mol. The number of halogens is 1. The zero-order chi connectivity index (χ0) is 11.6. The molecule has 0 radical (unpaired) electrons. The summed E-state index contributed by atoms with van der Waals surface area (Å²) in [5, 5.41) is 0. The number of likely N-dealkylation sites (N-methyl/N-ethyl adjacent to an activating group) is 1. The van der Waals surface area contributed by atoms with E-state index in [-0.39, 0.29) is 12.3 Å². The Morgan fingerprint density at radius 1 is 1.57 bits per heavy atom. The van der Waals surface area contributed by atoms with Crippen molar-refractivity contribution >= 4 is 5.97 Å². The summed E-state index contributed by atoms with van der Waals surface area (Å²) < 4.78 is 14.9. The summed E-state index contributed by atoms with van der Waals surface area (Å²) in [5.41, 5.74) is 0.448. The second-order valence-electron chi connectivity index (χ2n) is 2.87. The third-order valence-corrected chi connectivity index (χ3v) is 1.12. The summed E-state index contributed by atoms with van der Waals surface area (Å²) in [7, 11) is 3.85. The first-order chi connectivity index (χ1) is 6.45. The molecule has 0 unspecified atom stereocenters. The molecule has 0 heterocycles. The van der Waals surface area contributed by atoms with E-state index >= 15 is 0 Å². The molecule has 0 aliphatic carbocycles. The number of rotatable bonds is 4. The molecule has 14 heavy (non-hydrogen) atoms. The van der Waals surface area contributed by atoms with E-state index in [1.807, 2.05) is 19.0 Å². The average molecular weight is 203 g/mol. The predicted molar refractivity (Wildman–Crippen MR) is 55.6 cm³/mol. The first-order valence-corrected chi connectivity index (χ1v) is 4.14. The second kappa shape index (κ2) is 9.92. The molecule has 0 spiro atoms. The number of hydrogen-bond donors (Lipinski definition) is 0. The van der Waals surface area contributed by atoms with Gasteiger partial charge in [0.1, 0.15) is 6.61 Å². The Balaban J connectivity index is 0. The Morgan fingerprint density at radius 2 is 2.00 bits per heavy atom. The maximum atomic E-state index is 10.8. The Bertz CT molecular complexity index is 191. The van der Waals surface area contributed by atoms with Crippen LogP contribution in [0.1, 0.15) is 6.92 Å². The molecule has 0 N–H and O–H groups in total. The van der Waals surface area contributed by atoms with Crippen LogP contribution < -0.4 is 0 Å². The van der Waals surface area contributed by atoms with Crippen molar-refractivity contribution in [2.24, 2.45) is 0 Å². The monoisotopic (exact) mass is 203 g/mol. The lowest BCUT2D eigenvalue weighted by molar-refractivity contribution is -0.139. The molecule has 0 aromatic heterocycles. The molecule has 0 aliphatic rings. The SMILES string of the molecule is C=C(C)C(=O)OCCN(C)C.C=CF. The third-order valence-electron chi connectivity index (χ3n) is 1.12. The number of hydrogen-bond acceptors (Lipinski definition) is 3. The van der Waals surface area contributed by atoms with Crippen LogP contribution in [0.3, 0.4) is 0 Å². The fourth-order valence-electron chi connectivity index (χ4n) is 0.444. The minimum Gasteiger partial charge on any atom is -0.461 e. The van der Waals surface area contributed by atoms with E-state index in [1.165, 1.54) is 0 Å². The van der Waals surface area contributed by atoms with Gasteiger partial charge in [0.15, 0.2) is 0 Å². The Kier molecular flexibility index (Phi) is 10.9. The maximum absolute atomic E-state index is 10.8.